The molecule has 32 heavy (non-hydrogen) atoms. The highest BCUT2D eigenvalue weighted by molar-refractivity contribution is 7.13. The summed E-state index contributed by atoms with van der Waals surface area (Å²) in [7, 11) is 1.34. The fourth-order valence-electron chi connectivity index (χ4n) is 3.80. The first kappa shape index (κ1) is 22.1. The van der Waals surface area contributed by atoms with Gasteiger partial charge in [-0.3, -0.25) is 9.69 Å². The van der Waals surface area contributed by atoms with Crippen LogP contribution in [0.5, 0.6) is 0 Å². The molecular formula is C24H24FN3O3S. The summed E-state index contributed by atoms with van der Waals surface area (Å²) in [6.07, 6.45) is 0. The molecule has 0 unspecified atom stereocenters. The van der Waals surface area contributed by atoms with Crippen molar-refractivity contribution in [1.82, 2.24) is 14.8 Å². The van der Waals surface area contributed by atoms with Gasteiger partial charge in [-0.1, -0.05) is 42.0 Å². The molecule has 1 amide bonds. The summed E-state index contributed by atoms with van der Waals surface area (Å²) in [6.45, 7) is 3.95. The smallest absolute Gasteiger partial charge is 0.327 e. The topological polar surface area (TPSA) is 62.7 Å². The number of ether oxygens (including phenoxy) is 1. The fourth-order valence-corrected chi connectivity index (χ4v) is 4.60. The first-order chi connectivity index (χ1) is 15.5. The maximum absolute atomic E-state index is 13.3. The molecule has 6 nitrogen and oxygen atoms in total. The van der Waals surface area contributed by atoms with Crippen LogP contribution in [-0.2, 0) is 9.53 Å². The Balaban J connectivity index is 1.43. The number of benzene rings is 2. The molecule has 1 fully saturated rings. The van der Waals surface area contributed by atoms with Gasteiger partial charge in [-0.25, -0.2) is 14.2 Å². The summed E-state index contributed by atoms with van der Waals surface area (Å²) in [5, 5.41) is 2.61. The highest BCUT2D eigenvalue weighted by atomic mass is 32.1. The van der Waals surface area contributed by atoms with Crippen molar-refractivity contribution in [3.8, 4) is 10.6 Å². The number of halogens is 1. The van der Waals surface area contributed by atoms with Crippen LogP contribution in [-0.4, -0.2) is 59.9 Å². The van der Waals surface area contributed by atoms with Crippen LogP contribution in [0.25, 0.3) is 10.6 Å². The van der Waals surface area contributed by atoms with E-state index in [4.69, 9.17) is 4.74 Å². The Bertz CT molecular complexity index is 1090. The highest BCUT2D eigenvalue weighted by Crippen LogP contribution is 2.27. The zero-order chi connectivity index (χ0) is 22.7. The van der Waals surface area contributed by atoms with Crippen LogP contribution in [0.3, 0.4) is 0 Å². The normalized spacial score (nSPS) is 15.4. The molecule has 0 saturated carbocycles. The summed E-state index contributed by atoms with van der Waals surface area (Å²) < 4.78 is 18.3. The minimum absolute atomic E-state index is 0.115. The van der Waals surface area contributed by atoms with Gasteiger partial charge in [0.1, 0.15) is 22.6 Å². The van der Waals surface area contributed by atoms with E-state index in [1.54, 1.807) is 22.4 Å². The lowest BCUT2D eigenvalue weighted by Gasteiger charge is -2.38. The number of hydrogen-bond acceptors (Lipinski definition) is 6. The van der Waals surface area contributed by atoms with Crippen LogP contribution >= 0.6 is 11.3 Å². The maximum Gasteiger partial charge on any atom is 0.327 e. The van der Waals surface area contributed by atoms with Gasteiger partial charge in [0.2, 0.25) is 0 Å². The summed E-state index contributed by atoms with van der Waals surface area (Å²) in [5.41, 5.74) is 3.26. The van der Waals surface area contributed by atoms with E-state index < -0.39 is 12.0 Å². The van der Waals surface area contributed by atoms with Gasteiger partial charge in [-0.2, -0.15) is 0 Å². The van der Waals surface area contributed by atoms with Crippen molar-refractivity contribution in [2.24, 2.45) is 0 Å². The van der Waals surface area contributed by atoms with Crippen molar-refractivity contribution in [3.63, 3.8) is 0 Å². The fraction of sp³-hybridized carbons (Fsp3) is 0.292. The molecule has 1 saturated heterocycles. The van der Waals surface area contributed by atoms with Crippen LogP contribution in [0.2, 0.25) is 0 Å². The molecule has 0 N–H and O–H groups in total. The van der Waals surface area contributed by atoms with Gasteiger partial charge in [0.15, 0.2) is 0 Å². The van der Waals surface area contributed by atoms with Crippen LogP contribution in [0.1, 0.15) is 27.7 Å². The zero-order valence-corrected chi connectivity index (χ0v) is 18.8. The molecule has 4 rings (SSSR count). The predicted molar refractivity (Wildman–Crippen MR) is 121 cm³/mol. The average molecular weight is 454 g/mol. The van der Waals surface area contributed by atoms with Crippen LogP contribution in [0.4, 0.5) is 4.39 Å². The van der Waals surface area contributed by atoms with Crippen LogP contribution < -0.4 is 0 Å². The summed E-state index contributed by atoms with van der Waals surface area (Å²) in [5.74, 6) is -0.879. The largest absolute Gasteiger partial charge is 0.468 e. The van der Waals surface area contributed by atoms with Gasteiger partial charge in [-0.15, -0.1) is 11.3 Å². The number of amides is 1. The molecule has 0 bridgehead atoms. The summed E-state index contributed by atoms with van der Waals surface area (Å²) in [6, 6.07) is 13.3. The Labute approximate surface area is 190 Å². The second kappa shape index (κ2) is 9.58. The highest BCUT2D eigenvalue weighted by Gasteiger charge is 2.33. The molecular weight excluding hydrogens is 429 g/mol. The molecule has 8 heteroatoms. The number of methoxy groups -OCH3 is 1. The van der Waals surface area contributed by atoms with E-state index in [0.717, 1.165) is 10.6 Å². The Morgan fingerprint density at radius 1 is 1.03 bits per heavy atom. The number of piperazine rings is 1. The Kier molecular flexibility index (Phi) is 6.62. The number of aromatic nitrogens is 1. The van der Waals surface area contributed by atoms with E-state index >= 15 is 0 Å². The van der Waals surface area contributed by atoms with Gasteiger partial charge in [0.05, 0.1) is 7.11 Å². The Morgan fingerprint density at radius 3 is 2.31 bits per heavy atom. The molecule has 2 heterocycles. The molecule has 3 aromatic rings. The average Bonchev–Trinajstić information content (AvgIpc) is 3.31. The third-order valence-corrected chi connectivity index (χ3v) is 6.49. The van der Waals surface area contributed by atoms with Crippen LogP contribution in [0.15, 0.2) is 53.9 Å². The molecule has 0 aliphatic carbocycles. The number of carbonyl (C=O) groups excluding carboxylic acids is 2. The third-order valence-electron chi connectivity index (χ3n) is 5.60. The number of rotatable bonds is 5. The van der Waals surface area contributed by atoms with E-state index in [1.165, 1.54) is 36.1 Å². The summed E-state index contributed by atoms with van der Waals surface area (Å²) >= 11 is 1.45. The SMILES string of the molecule is COC(=O)[C@@H](c1ccc(F)cc1)N1CCN(C(=O)c2csc(-c3ccc(C)cc3)n2)CC1. The molecule has 166 valence electrons. The molecule has 1 aliphatic heterocycles. The maximum atomic E-state index is 13.3. The van der Waals surface area contributed by atoms with E-state index in [1.807, 2.05) is 36.1 Å². The van der Waals surface area contributed by atoms with Crippen molar-refractivity contribution < 1.29 is 18.7 Å². The molecule has 1 aliphatic rings. The lowest BCUT2D eigenvalue weighted by Crippen LogP contribution is -2.51. The Morgan fingerprint density at radius 2 is 1.69 bits per heavy atom. The predicted octanol–water partition coefficient (Wildman–Crippen LogP) is 3.93. The van der Waals surface area contributed by atoms with Gasteiger partial charge >= 0.3 is 5.97 Å². The second-order valence-corrected chi connectivity index (χ2v) is 8.57. The van der Waals surface area contributed by atoms with Crippen molar-refractivity contribution in [1.29, 1.82) is 0 Å². The van der Waals surface area contributed by atoms with E-state index in [-0.39, 0.29) is 11.7 Å². The van der Waals surface area contributed by atoms with Crippen molar-refractivity contribution in [2.45, 2.75) is 13.0 Å². The number of thiazole rings is 1. The van der Waals surface area contributed by atoms with Crippen molar-refractivity contribution in [3.05, 3.63) is 76.5 Å². The van der Waals surface area contributed by atoms with Crippen LogP contribution in [0, 0.1) is 12.7 Å². The van der Waals surface area contributed by atoms with Gasteiger partial charge in [-0.05, 0) is 24.6 Å². The first-order valence-corrected chi connectivity index (χ1v) is 11.2. The second-order valence-electron chi connectivity index (χ2n) is 7.71. The van der Waals surface area contributed by atoms with E-state index in [9.17, 15) is 14.0 Å². The number of esters is 1. The standard InChI is InChI=1S/C24H24FN3O3S/c1-16-3-5-18(6-4-16)22-26-20(15-32-22)23(29)28-13-11-27(12-14-28)21(24(30)31-2)17-7-9-19(25)10-8-17/h3-10,15,21H,11-14H2,1-2H3/t21-/m1/s1. The molecule has 2 aromatic carbocycles. The molecule has 1 aromatic heterocycles. The van der Waals surface area contributed by atoms with Crippen molar-refractivity contribution >= 4 is 23.2 Å². The molecule has 1 atom stereocenters. The van der Waals surface area contributed by atoms with E-state index in [2.05, 4.69) is 4.98 Å². The summed E-state index contributed by atoms with van der Waals surface area (Å²) in [4.78, 5) is 33.7. The van der Waals surface area contributed by atoms with Gasteiger partial charge in [0.25, 0.3) is 5.91 Å². The minimum Gasteiger partial charge on any atom is -0.468 e. The van der Waals surface area contributed by atoms with E-state index in [0.29, 0.717) is 37.4 Å². The number of carbonyl (C=O) groups is 2. The van der Waals surface area contributed by atoms with Crippen molar-refractivity contribution in [2.75, 3.05) is 33.3 Å². The van der Waals surface area contributed by atoms with Gasteiger partial charge in [0, 0.05) is 37.1 Å². The number of hydrogen-bond donors (Lipinski definition) is 0. The quantitative estimate of drug-likeness (QED) is 0.548. The van der Waals surface area contributed by atoms with Gasteiger partial charge < -0.3 is 9.64 Å². The lowest BCUT2D eigenvalue weighted by molar-refractivity contribution is -0.148. The monoisotopic (exact) mass is 453 g/mol. The molecule has 0 radical (unpaired) electrons. The first-order valence-electron chi connectivity index (χ1n) is 10.4. The lowest BCUT2D eigenvalue weighted by atomic mass is 10.0. The minimum atomic E-state index is -0.634. The number of aryl methyl sites for hydroxylation is 1. The number of nitrogens with zero attached hydrogens (tertiary/aromatic N) is 3. The molecule has 0 spiro atoms. The Hall–Kier alpha value is -3.10. The zero-order valence-electron chi connectivity index (χ0n) is 18.0. The third kappa shape index (κ3) is 4.71.